The monoisotopic (exact) mass is 492 g/mol. The van der Waals surface area contributed by atoms with Gasteiger partial charge in [0.2, 0.25) is 11.8 Å². The summed E-state index contributed by atoms with van der Waals surface area (Å²) in [4.78, 5) is 39.0. The standard InChI is InChI=1S/C22H31Cl3N2O4/c1-3-5-7-11-27(12-8-6-4-2)22(31)16(9-10-19(28)29)21(30)26-15-13-17(23)20(25)18(24)14-15/h13-14,16H,3-12H2,1-2H3,(H,26,30)(H,28,29). The molecule has 0 radical (unpaired) electrons. The zero-order chi connectivity index (χ0) is 23.4. The van der Waals surface area contributed by atoms with Gasteiger partial charge in [0, 0.05) is 25.2 Å². The Bertz CT molecular complexity index is 725. The second kappa shape index (κ2) is 14.5. The molecule has 174 valence electrons. The number of carbonyl (C=O) groups is 3. The van der Waals surface area contributed by atoms with Crippen molar-refractivity contribution in [2.75, 3.05) is 18.4 Å². The van der Waals surface area contributed by atoms with Crippen LogP contribution in [0.1, 0.15) is 65.2 Å². The fourth-order valence-electron chi connectivity index (χ4n) is 3.15. The molecule has 0 fully saturated rings. The Labute approximate surface area is 199 Å². The van der Waals surface area contributed by atoms with Crippen molar-refractivity contribution >= 4 is 58.3 Å². The molecule has 0 spiro atoms. The van der Waals surface area contributed by atoms with Crippen LogP contribution in [0, 0.1) is 5.92 Å². The molecule has 0 saturated heterocycles. The van der Waals surface area contributed by atoms with Crippen molar-refractivity contribution in [1.82, 2.24) is 4.90 Å². The SMILES string of the molecule is CCCCCN(CCCCC)C(=O)C(CCC(=O)O)C(=O)Nc1cc(Cl)c(Cl)c(Cl)c1. The summed E-state index contributed by atoms with van der Waals surface area (Å²) in [6, 6.07) is 2.87. The molecule has 31 heavy (non-hydrogen) atoms. The van der Waals surface area contributed by atoms with E-state index in [0.717, 1.165) is 38.5 Å². The zero-order valence-corrected chi connectivity index (χ0v) is 20.3. The first-order chi connectivity index (χ1) is 14.7. The Morgan fingerprint density at radius 1 is 0.968 bits per heavy atom. The molecule has 0 aliphatic heterocycles. The smallest absolute Gasteiger partial charge is 0.303 e. The molecule has 0 aromatic heterocycles. The van der Waals surface area contributed by atoms with Crippen LogP contribution in [0.15, 0.2) is 12.1 Å². The van der Waals surface area contributed by atoms with Gasteiger partial charge >= 0.3 is 5.97 Å². The van der Waals surface area contributed by atoms with Crippen molar-refractivity contribution in [3.63, 3.8) is 0 Å². The molecule has 2 amide bonds. The lowest BCUT2D eigenvalue weighted by atomic mass is 9.99. The van der Waals surface area contributed by atoms with Crippen LogP contribution in [0.3, 0.4) is 0 Å². The van der Waals surface area contributed by atoms with E-state index in [1.807, 2.05) is 0 Å². The molecular formula is C22H31Cl3N2O4. The van der Waals surface area contributed by atoms with E-state index in [-0.39, 0.29) is 33.8 Å². The minimum absolute atomic E-state index is 0.0902. The van der Waals surface area contributed by atoms with Crippen LogP contribution < -0.4 is 5.32 Å². The zero-order valence-electron chi connectivity index (χ0n) is 18.1. The van der Waals surface area contributed by atoms with Gasteiger partial charge in [0.15, 0.2) is 0 Å². The van der Waals surface area contributed by atoms with E-state index in [2.05, 4.69) is 19.2 Å². The van der Waals surface area contributed by atoms with Gasteiger partial charge < -0.3 is 15.3 Å². The predicted molar refractivity (Wildman–Crippen MR) is 126 cm³/mol. The highest BCUT2D eigenvalue weighted by Crippen LogP contribution is 2.33. The number of rotatable bonds is 14. The summed E-state index contributed by atoms with van der Waals surface area (Å²) in [7, 11) is 0. The van der Waals surface area contributed by atoms with E-state index in [0.29, 0.717) is 18.8 Å². The van der Waals surface area contributed by atoms with Gasteiger partial charge in [-0.15, -0.1) is 0 Å². The summed E-state index contributed by atoms with van der Waals surface area (Å²) < 4.78 is 0. The molecule has 1 rings (SSSR count). The molecule has 1 unspecified atom stereocenters. The van der Waals surface area contributed by atoms with Gasteiger partial charge in [-0.3, -0.25) is 14.4 Å². The Morgan fingerprint density at radius 3 is 1.94 bits per heavy atom. The number of amides is 2. The first-order valence-corrected chi connectivity index (χ1v) is 11.8. The highest BCUT2D eigenvalue weighted by molar-refractivity contribution is 6.48. The van der Waals surface area contributed by atoms with Gasteiger partial charge in [-0.25, -0.2) is 0 Å². The van der Waals surface area contributed by atoms with E-state index in [1.165, 1.54) is 12.1 Å². The minimum Gasteiger partial charge on any atom is -0.481 e. The summed E-state index contributed by atoms with van der Waals surface area (Å²) in [6.45, 7) is 5.25. The third-order valence-electron chi connectivity index (χ3n) is 4.89. The molecule has 9 heteroatoms. The van der Waals surface area contributed by atoms with Crippen molar-refractivity contribution in [2.24, 2.45) is 5.92 Å². The first kappa shape index (κ1) is 27.5. The molecule has 2 N–H and O–H groups in total. The maximum absolute atomic E-state index is 13.3. The van der Waals surface area contributed by atoms with E-state index >= 15 is 0 Å². The largest absolute Gasteiger partial charge is 0.481 e. The Kier molecular flexibility index (Phi) is 12.9. The number of unbranched alkanes of at least 4 members (excludes halogenated alkanes) is 4. The lowest BCUT2D eigenvalue weighted by Crippen LogP contribution is -2.42. The predicted octanol–water partition coefficient (Wildman–Crippen LogP) is 6.28. The molecule has 1 atom stereocenters. The lowest BCUT2D eigenvalue weighted by Gasteiger charge is -2.27. The van der Waals surface area contributed by atoms with Crippen LogP contribution >= 0.6 is 34.8 Å². The van der Waals surface area contributed by atoms with E-state index in [4.69, 9.17) is 39.9 Å². The van der Waals surface area contributed by atoms with Crippen LogP contribution in [0.25, 0.3) is 0 Å². The number of carbonyl (C=O) groups excluding carboxylic acids is 2. The van der Waals surface area contributed by atoms with Crippen LogP contribution in [0.4, 0.5) is 5.69 Å². The van der Waals surface area contributed by atoms with Crippen molar-refractivity contribution in [3.05, 3.63) is 27.2 Å². The van der Waals surface area contributed by atoms with E-state index in [1.54, 1.807) is 4.90 Å². The maximum atomic E-state index is 13.3. The number of halogens is 3. The molecule has 1 aromatic carbocycles. The molecule has 6 nitrogen and oxygen atoms in total. The van der Waals surface area contributed by atoms with Crippen LogP contribution in [-0.4, -0.2) is 40.9 Å². The quantitative estimate of drug-likeness (QED) is 0.181. The summed E-state index contributed by atoms with van der Waals surface area (Å²) in [5, 5.41) is 12.2. The van der Waals surface area contributed by atoms with Crippen molar-refractivity contribution in [2.45, 2.75) is 65.2 Å². The maximum Gasteiger partial charge on any atom is 0.303 e. The second-order valence-electron chi connectivity index (χ2n) is 7.47. The fourth-order valence-corrected chi connectivity index (χ4v) is 3.75. The van der Waals surface area contributed by atoms with Gasteiger partial charge in [0.25, 0.3) is 0 Å². The van der Waals surface area contributed by atoms with E-state index in [9.17, 15) is 14.4 Å². The third kappa shape index (κ3) is 9.67. The van der Waals surface area contributed by atoms with Crippen molar-refractivity contribution in [1.29, 1.82) is 0 Å². The Balaban J connectivity index is 3.04. The minimum atomic E-state index is -1.12. The van der Waals surface area contributed by atoms with Gasteiger partial charge in [-0.2, -0.15) is 0 Å². The van der Waals surface area contributed by atoms with Gasteiger partial charge in [-0.1, -0.05) is 74.3 Å². The number of hydrogen-bond acceptors (Lipinski definition) is 3. The molecule has 0 bridgehead atoms. The van der Waals surface area contributed by atoms with Crippen molar-refractivity contribution < 1.29 is 19.5 Å². The molecular weight excluding hydrogens is 463 g/mol. The summed E-state index contributed by atoms with van der Waals surface area (Å²) in [5.41, 5.74) is 0.293. The third-order valence-corrected chi connectivity index (χ3v) is 6.08. The fraction of sp³-hybridized carbons (Fsp3) is 0.591. The number of carboxylic acid groups (broad SMARTS) is 1. The molecule has 0 heterocycles. The Hall–Kier alpha value is -1.50. The highest BCUT2D eigenvalue weighted by atomic mass is 35.5. The number of aliphatic carboxylic acids is 1. The van der Waals surface area contributed by atoms with Crippen LogP contribution in [-0.2, 0) is 14.4 Å². The van der Waals surface area contributed by atoms with Gasteiger partial charge in [0.05, 0.1) is 15.1 Å². The average Bonchev–Trinajstić information content (AvgIpc) is 2.70. The Morgan fingerprint density at radius 2 is 1.48 bits per heavy atom. The number of carboxylic acids is 1. The normalized spacial score (nSPS) is 11.8. The molecule has 0 aliphatic rings. The summed E-state index contributed by atoms with van der Waals surface area (Å²) >= 11 is 18.0. The summed E-state index contributed by atoms with van der Waals surface area (Å²) in [5.74, 6) is -3.12. The van der Waals surface area contributed by atoms with Crippen LogP contribution in [0.5, 0.6) is 0 Å². The van der Waals surface area contributed by atoms with Crippen molar-refractivity contribution in [3.8, 4) is 0 Å². The second-order valence-corrected chi connectivity index (χ2v) is 8.66. The molecule has 1 aromatic rings. The number of nitrogens with one attached hydrogen (secondary N) is 1. The average molecular weight is 494 g/mol. The lowest BCUT2D eigenvalue weighted by molar-refractivity contribution is -0.142. The van der Waals surface area contributed by atoms with Crippen LogP contribution in [0.2, 0.25) is 15.1 Å². The van der Waals surface area contributed by atoms with E-state index < -0.39 is 17.8 Å². The number of anilines is 1. The number of hydrogen-bond donors (Lipinski definition) is 2. The topological polar surface area (TPSA) is 86.7 Å². The first-order valence-electron chi connectivity index (χ1n) is 10.7. The number of nitrogens with zero attached hydrogens (tertiary/aromatic N) is 1. The summed E-state index contributed by atoms with van der Waals surface area (Å²) in [6.07, 6.45) is 5.28. The number of benzene rings is 1. The highest BCUT2D eigenvalue weighted by Gasteiger charge is 2.31. The van der Waals surface area contributed by atoms with Gasteiger partial charge in [-0.05, 0) is 31.4 Å². The molecule has 0 aliphatic carbocycles. The van der Waals surface area contributed by atoms with Gasteiger partial charge in [0.1, 0.15) is 5.92 Å². The molecule has 0 saturated carbocycles.